The number of hydrogen-bond acceptors (Lipinski definition) is 7. The van der Waals surface area contributed by atoms with Gasteiger partial charge in [-0.2, -0.15) is 0 Å². The zero-order valence-electron chi connectivity index (χ0n) is 20.8. The minimum absolute atomic E-state index is 0.00475. The van der Waals surface area contributed by atoms with Crippen molar-refractivity contribution >= 4 is 23.1 Å². The molecular formula is C26H30N4O5. The van der Waals surface area contributed by atoms with Crippen molar-refractivity contribution in [1.29, 1.82) is 0 Å². The number of aliphatic hydroxyl groups is 1. The topological polar surface area (TPSA) is 96.6 Å². The van der Waals surface area contributed by atoms with Crippen LogP contribution in [0.5, 0.6) is 11.5 Å². The highest BCUT2D eigenvalue weighted by molar-refractivity contribution is 6.46. The summed E-state index contributed by atoms with van der Waals surface area (Å²) >= 11 is 0. The van der Waals surface area contributed by atoms with Crippen molar-refractivity contribution in [2.75, 3.05) is 41.4 Å². The van der Waals surface area contributed by atoms with E-state index in [9.17, 15) is 14.7 Å². The Balaban J connectivity index is 1.94. The van der Waals surface area contributed by atoms with Crippen molar-refractivity contribution in [1.82, 2.24) is 19.2 Å². The van der Waals surface area contributed by atoms with Gasteiger partial charge in [-0.3, -0.25) is 9.59 Å². The zero-order chi connectivity index (χ0) is 25.4. The molecule has 3 heterocycles. The Bertz CT molecular complexity index is 1340. The van der Waals surface area contributed by atoms with Crippen LogP contribution in [-0.4, -0.2) is 77.4 Å². The number of amides is 1. The molecule has 0 saturated carbocycles. The van der Waals surface area contributed by atoms with Gasteiger partial charge in [-0.25, -0.2) is 4.98 Å². The number of imidazole rings is 1. The van der Waals surface area contributed by atoms with Gasteiger partial charge in [0.2, 0.25) is 0 Å². The van der Waals surface area contributed by atoms with E-state index in [1.807, 2.05) is 55.6 Å². The van der Waals surface area contributed by atoms with Gasteiger partial charge in [-0.15, -0.1) is 0 Å². The van der Waals surface area contributed by atoms with Crippen molar-refractivity contribution < 1.29 is 24.2 Å². The highest BCUT2D eigenvalue weighted by atomic mass is 16.5. The summed E-state index contributed by atoms with van der Waals surface area (Å²) < 4.78 is 12.7. The van der Waals surface area contributed by atoms with E-state index >= 15 is 0 Å². The van der Waals surface area contributed by atoms with Crippen LogP contribution in [0.25, 0.3) is 11.4 Å². The molecule has 1 aliphatic rings. The fourth-order valence-corrected chi connectivity index (χ4v) is 4.46. The lowest BCUT2D eigenvalue weighted by atomic mass is 9.96. The van der Waals surface area contributed by atoms with Gasteiger partial charge < -0.3 is 28.8 Å². The Kier molecular flexibility index (Phi) is 6.53. The molecular weight excluding hydrogens is 448 g/mol. The van der Waals surface area contributed by atoms with Gasteiger partial charge in [-0.05, 0) is 57.3 Å². The number of carbonyl (C=O) groups excluding carboxylic acids is 2. The molecule has 0 radical (unpaired) electrons. The minimum atomic E-state index is -0.805. The molecule has 4 rings (SSSR count). The molecule has 1 unspecified atom stereocenters. The second-order valence-corrected chi connectivity index (χ2v) is 8.84. The average Bonchev–Trinajstić information content (AvgIpc) is 3.31. The Morgan fingerprint density at radius 1 is 1.11 bits per heavy atom. The fraction of sp³-hybridized carbons (Fsp3) is 0.346. The molecule has 1 aromatic carbocycles. The third-order valence-corrected chi connectivity index (χ3v) is 6.36. The van der Waals surface area contributed by atoms with Gasteiger partial charge in [-0.1, -0.05) is 12.1 Å². The van der Waals surface area contributed by atoms with Gasteiger partial charge >= 0.3 is 0 Å². The van der Waals surface area contributed by atoms with Crippen LogP contribution in [0.15, 0.2) is 42.1 Å². The lowest BCUT2D eigenvalue weighted by Gasteiger charge is -2.27. The third-order valence-electron chi connectivity index (χ3n) is 6.36. The van der Waals surface area contributed by atoms with Crippen molar-refractivity contribution in [2.24, 2.45) is 0 Å². The van der Waals surface area contributed by atoms with Crippen molar-refractivity contribution in [3.8, 4) is 11.5 Å². The number of pyridine rings is 1. The van der Waals surface area contributed by atoms with Crippen LogP contribution >= 0.6 is 0 Å². The van der Waals surface area contributed by atoms with Crippen LogP contribution in [0.3, 0.4) is 0 Å². The number of aromatic nitrogens is 2. The molecule has 1 fully saturated rings. The summed E-state index contributed by atoms with van der Waals surface area (Å²) in [6.07, 6.45) is 1.85. The zero-order valence-corrected chi connectivity index (χ0v) is 20.8. The van der Waals surface area contributed by atoms with Gasteiger partial charge in [0.15, 0.2) is 17.3 Å². The number of fused-ring (bicyclic) bond motifs is 1. The maximum Gasteiger partial charge on any atom is 0.295 e. The lowest BCUT2D eigenvalue weighted by Crippen LogP contribution is -2.35. The van der Waals surface area contributed by atoms with Crippen LogP contribution in [0.2, 0.25) is 0 Å². The van der Waals surface area contributed by atoms with E-state index in [0.717, 1.165) is 5.56 Å². The number of rotatable bonds is 7. The number of carbonyl (C=O) groups is 2. The third kappa shape index (κ3) is 4.12. The summed E-state index contributed by atoms with van der Waals surface area (Å²) in [5, 5.41) is 11.5. The summed E-state index contributed by atoms with van der Waals surface area (Å²) in [5.41, 5.74) is 3.18. The van der Waals surface area contributed by atoms with E-state index in [-0.39, 0.29) is 17.0 Å². The molecule has 1 saturated heterocycles. The van der Waals surface area contributed by atoms with Gasteiger partial charge in [0.25, 0.3) is 11.7 Å². The predicted octanol–water partition coefficient (Wildman–Crippen LogP) is 2.95. The maximum atomic E-state index is 13.3. The van der Waals surface area contributed by atoms with Crippen LogP contribution in [0.1, 0.15) is 28.6 Å². The maximum absolute atomic E-state index is 13.3. The van der Waals surface area contributed by atoms with E-state index < -0.39 is 17.7 Å². The SMILES string of the molecule is COc1ccc(C2C(=C(O)c3nc4c(C)cccn4c3C)C(=O)C(=O)N2CCN(C)C)cc1OC. The van der Waals surface area contributed by atoms with Crippen LogP contribution < -0.4 is 9.47 Å². The summed E-state index contributed by atoms with van der Waals surface area (Å²) in [6, 6.07) is 8.24. The van der Waals surface area contributed by atoms with E-state index in [2.05, 4.69) is 4.98 Å². The summed E-state index contributed by atoms with van der Waals surface area (Å²) in [7, 11) is 6.84. The number of hydrogen-bond donors (Lipinski definition) is 1. The number of likely N-dealkylation sites (N-methyl/N-ethyl adjacent to an activating group) is 1. The molecule has 9 heteroatoms. The molecule has 1 amide bonds. The number of ketones is 1. The number of aliphatic hydroxyl groups excluding tert-OH is 1. The molecule has 3 aromatic rings. The Morgan fingerprint density at radius 3 is 2.46 bits per heavy atom. The number of likely N-dealkylation sites (tertiary alicyclic amines) is 1. The van der Waals surface area contributed by atoms with Crippen molar-refractivity contribution in [3.63, 3.8) is 0 Å². The van der Waals surface area contributed by atoms with E-state index in [4.69, 9.17) is 9.47 Å². The van der Waals surface area contributed by atoms with E-state index in [1.54, 1.807) is 18.2 Å². The molecule has 2 aromatic heterocycles. The second-order valence-electron chi connectivity index (χ2n) is 8.84. The first-order valence-corrected chi connectivity index (χ1v) is 11.3. The Labute approximate surface area is 204 Å². The Hall–Kier alpha value is -3.85. The number of nitrogens with zero attached hydrogens (tertiary/aromatic N) is 4. The van der Waals surface area contributed by atoms with Gasteiger partial charge in [0, 0.05) is 19.3 Å². The molecule has 1 atom stereocenters. The van der Waals surface area contributed by atoms with Crippen LogP contribution in [-0.2, 0) is 9.59 Å². The first-order chi connectivity index (χ1) is 16.7. The number of benzene rings is 1. The normalized spacial score (nSPS) is 17.6. The Morgan fingerprint density at radius 2 is 1.83 bits per heavy atom. The summed E-state index contributed by atoms with van der Waals surface area (Å²) in [4.78, 5) is 34.5. The molecule has 1 N–H and O–H groups in total. The van der Waals surface area contributed by atoms with Crippen LogP contribution in [0.4, 0.5) is 0 Å². The first-order valence-electron chi connectivity index (χ1n) is 11.3. The number of Topliss-reactive ketones (excluding diaryl/α,β-unsaturated/α-hetero) is 1. The molecule has 184 valence electrons. The predicted molar refractivity (Wildman–Crippen MR) is 132 cm³/mol. The molecule has 0 bridgehead atoms. The largest absolute Gasteiger partial charge is 0.505 e. The molecule has 0 spiro atoms. The number of ether oxygens (including phenoxy) is 2. The van der Waals surface area contributed by atoms with E-state index in [0.29, 0.717) is 41.5 Å². The number of aryl methyl sites for hydroxylation is 2. The van der Waals surface area contributed by atoms with Crippen molar-refractivity contribution in [2.45, 2.75) is 19.9 Å². The lowest BCUT2D eigenvalue weighted by molar-refractivity contribution is -0.140. The first kappa shape index (κ1) is 24.3. The molecule has 9 nitrogen and oxygen atoms in total. The molecule has 0 aliphatic carbocycles. The smallest absolute Gasteiger partial charge is 0.295 e. The highest BCUT2D eigenvalue weighted by Crippen LogP contribution is 2.42. The minimum Gasteiger partial charge on any atom is -0.505 e. The van der Waals surface area contributed by atoms with Crippen molar-refractivity contribution in [3.05, 3.63) is 64.6 Å². The quantitative estimate of drug-likeness (QED) is 0.317. The second kappa shape index (κ2) is 9.42. The van der Waals surface area contributed by atoms with E-state index in [1.165, 1.54) is 19.1 Å². The average molecular weight is 479 g/mol. The monoisotopic (exact) mass is 478 g/mol. The summed E-state index contributed by atoms with van der Waals surface area (Å²) in [6.45, 7) is 4.59. The molecule has 35 heavy (non-hydrogen) atoms. The standard InChI is InChI=1S/C26H30N4O5/c1-15-8-7-11-29-16(2)21(27-25(15)29)23(31)20-22(17-9-10-18(34-5)19(14-17)35-6)30(13-12-28(3)4)26(33)24(20)32/h7-11,14,22,31H,12-13H2,1-6H3. The summed E-state index contributed by atoms with van der Waals surface area (Å²) in [5.74, 6) is -0.716. The van der Waals surface area contributed by atoms with Gasteiger partial charge in [0.1, 0.15) is 11.3 Å². The van der Waals surface area contributed by atoms with Gasteiger partial charge in [0.05, 0.1) is 31.5 Å². The van der Waals surface area contributed by atoms with Crippen LogP contribution in [0, 0.1) is 13.8 Å². The molecule has 1 aliphatic heterocycles. The highest BCUT2D eigenvalue weighted by Gasteiger charge is 2.46. The number of methoxy groups -OCH3 is 2. The fourth-order valence-electron chi connectivity index (χ4n) is 4.46.